The van der Waals surface area contributed by atoms with E-state index in [-0.39, 0.29) is 12.2 Å². The predicted octanol–water partition coefficient (Wildman–Crippen LogP) is 2.46. The maximum absolute atomic E-state index is 11.9. The first-order valence-electron chi connectivity index (χ1n) is 5.60. The third-order valence-electron chi connectivity index (χ3n) is 3.04. The van der Waals surface area contributed by atoms with Gasteiger partial charge in [0.25, 0.3) is 0 Å². The van der Waals surface area contributed by atoms with E-state index in [0.717, 1.165) is 5.56 Å². The lowest BCUT2D eigenvalue weighted by molar-refractivity contribution is -0.122. The first kappa shape index (κ1) is 14.0. The van der Waals surface area contributed by atoms with E-state index >= 15 is 0 Å². The van der Waals surface area contributed by atoms with Crippen molar-refractivity contribution in [1.82, 2.24) is 0 Å². The van der Waals surface area contributed by atoms with Crippen molar-refractivity contribution in [2.75, 3.05) is 14.2 Å². The average Bonchev–Trinajstić information content (AvgIpc) is 2.38. The van der Waals surface area contributed by atoms with Gasteiger partial charge >= 0.3 is 0 Å². The Morgan fingerprint density at radius 1 is 1.28 bits per heavy atom. The van der Waals surface area contributed by atoms with Crippen molar-refractivity contribution in [3.05, 3.63) is 23.8 Å². The molecule has 0 aliphatic carbocycles. The predicted molar refractivity (Wildman–Crippen MR) is 67.8 cm³/mol. The molecule has 0 atom stereocenters. The maximum atomic E-state index is 11.9. The molecule has 0 saturated carbocycles. The van der Waals surface area contributed by atoms with Crippen LogP contribution < -0.4 is 9.47 Å². The molecule has 0 unspecified atom stereocenters. The Morgan fingerprint density at radius 3 is 2.39 bits per heavy atom. The molecule has 0 aromatic heterocycles. The molecular weight excluding hydrogens is 230 g/mol. The van der Waals surface area contributed by atoms with Crippen molar-refractivity contribution < 1.29 is 14.3 Å². The number of hydrogen-bond acceptors (Lipinski definition) is 4. The van der Waals surface area contributed by atoms with Gasteiger partial charge in [-0.1, -0.05) is 6.07 Å². The van der Waals surface area contributed by atoms with Gasteiger partial charge in [-0.05, 0) is 31.5 Å². The van der Waals surface area contributed by atoms with E-state index in [2.05, 4.69) is 0 Å². The first-order valence-corrected chi connectivity index (χ1v) is 5.60. The summed E-state index contributed by atoms with van der Waals surface area (Å²) in [5, 5.41) is 8.61. The van der Waals surface area contributed by atoms with Gasteiger partial charge < -0.3 is 9.47 Å². The number of ketones is 1. The summed E-state index contributed by atoms with van der Waals surface area (Å²) in [6.07, 6.45) is -0.0959. The fourth-order valence-corrected chi connectivity index (χ4v) is 1.68. The van der Waals surface area contributed by atoms with E-state index in [0.29, 0.717) is 11.5 Å². The molecule has 0 heterocycles. The van der Waals surface area contributed by atoms with Crippen LogP contribution in [0.25, 0.3) is 0 Å². The number of Topliss-reactive ketones (excluding diaryl/α,β-unsaturated/α-hetero) is 1. The summed E-state index contributed by atoms with van der Waals surface area (Å²) < 4.78 is 10.4. The summed E-state index contributed by atoms with van der Waals surface area (Å²) in [7, 11) is 3.11. The number of hydrogen-bond donors (Lipinski definition) is 0. The Morgan fingerprint density at radius 2 is 1.89 bits per heavy atom. The van der Waals surface area contributed by atoms with Crippen LogP contribution in [0.5, 0.6) is 11.5 Å². The summed E-state index contributed by atoms with van der Waals surface area (Å²) >= 11 is 0. The van der Waals surface area contributed by atoms with Gasteiger partial charge in [-0.15, -0.1) is 0 Å². The maximum Gasteiger partial charge on any atom is 0.161 e. The molecule has 1 aromatic rings. The fraction of sp³-hybridized carbons (Fsp3) is 0.429. The molecule has 0 amide bonds. The van der Waals surface area contributed by atoms with Crippen molar-refractivity contribution >= 4 is 5.78 Å². The quantitative estimate of drug-likeness (QED) is 0.802. The smallest absolute Gasteiger partial charge is 0.161 e. The molecule has 0 bridgehead atoms. The Balaban J connectivity index is 3.17. The number of carbonyl (C=O) groups excluding carboxylic acids is 1. The number of benzene rings is 1. The number of rotatable bonds is 5. The molecule has 1 rings (SSSR count). The van der Waals surface area contributed by atoms with E-state index < -0.39 is 5.41 Å². The Kier molecular flexibility index (Phi) is 4.33. The topological polar surface area (TPSA) is 59.3 Å². The summed E-state index contributed by atoms with van der Waals surface area (Å²) in [5.41, 5.74) is 0.0929. The molecule has 0 aliphatic heterocycles. The minimum Gasteiger partial charge on any atom is -0.493 e. The Bertz CT molecular complexity index is 486. The zero-order chi connectivity index (χ0) is 13.8. The SMILES string of the molecule is COc1ccc(C(C)(C)C(=O)CC#N)cc1OC. The van der Waals surface area contributed by atoms with Crippen molar-refractivity contribution in [1.29, 1.82) is 5.26 Å². The summed E-state index contributed by atoms with van der Waals surface area (Å²) in [5.74, 6) is 1.08. The lowest BCUT2D eigenvalue weighted by Gasteiger charge is -2.23. The van der Waals surface area contributed by atoms with Crippen LogP contribution in [0.2, 0.25) is 0 Å². The molecule has 0 fully saturated rings. The molecule has 0 aliphatic rings. The zero-order valence-electron chi connectivity index (χ0n) is 11.1. The van der Waals surface area contributed by atoms with Crippen LogP contribution in [0.15, 0.2) is 18.2 Å². The van der Waals surface area contributed by atoms with Gasteiger partial charge in [-0.25, -0.2) is 0 Å². The number of nitriles is 1. The minimum atomic E-state index is -0.713. The molecule has 96 valence electrons. The first-order chi connectivity index (χ1) is 8.47. The molecule has 1 aromatic carbocycles. The van der Waals surface area contributed by atoms with Crippen LogP contribution >= 0.6 is 0 Å². The highest BCUT2D eigenvalue weighted by Gasteiger charge is 2.30. The Labute approximate surface area is 107 Å². The number of nitrogens with zero attached hydrogens (tertiary/aromatic N) is 1. The van der Waals surface area contributed by atoms with E-state index in [9.17, 15) is 4.79 Å². The van der Waals surface area contributed by atoms with Gasteiger partial charge in [0.15, 0.2) is 17.3 Å². The van der Waals surface area contributed by atoms with E-state index in [4.69, 9.17) is 14.7 Å². The molecule has 0 saturated heterocycles. The monoisotopic (exact) mass is 247 g/mol. The summed E-state index contributed by atoms with van der Waals surface area (Å²) in [6.45, 7) is 3.60. The van der Waals surface area contributed by atoms with Gasteiger partial charge in [0.1, 0.15) is 0 Å². The highest BCUT2D eigenvalue weighted by molar-refractivity contribution is 5.90. The van der Waals surface area contributed by atoms with Crippen LogP contribution in [-0.2, 0) is 10.2 Å². The van der Waals surface area contributed by atoms with Crippen LogP contribution in [-0.4, -0.2) is 20.0 Å². The average molecular weight is 247 g/mol. The summed E-state index contributed by atoms with van der Waals surface area (Å²) in [4.78, 5) is 11.9. The van der Waals surface area contributed by atoms with E-state index in [1.165, 1.54) is 0 Å². The second kappa shape index (κ2) is 5.54. The molecule has 4 heteroatoms. The third-order valence-corrected chi connectivity index (χ3v) is 3.04. The minimum absolute atomic E-state index is 0.0959. The zero-order valence-corrected chi connectivity index (χ0v) is 11.1. The number of ether oxygens (including phenoxy) is 2. The lowest BCUT2D eigenvalue weighted by Crippen LogP contribution is -2.28. The van der Waals surface area contributed by atoms with E-state index in [1.807, 2.05) is 12.1 Å². The van der Waals surface area contributed by atoms with Gasteiger partial charge in [0.2, 0.25) is 0 Å². The normalized spacial score (nSPS) is 10.6. The molecule has 18 heavy (non-hydrogen) atoms. The van der Waals surface area contributed by atoms with Gasteiger partial charge in [0, 0.05) is 5.41 Å². The van der Waals surface area contributed by atoms with Gasteiger partial charge in [0.05, 0.1) is 26.7 Å². The number of methoxy groups -OCH3 is 2. The van der Waals surface area contributed by atoms with Gasteiger partial charge in [-0.2, -0.15) is 5.26 Å². The third kappa shape index (κ3) is 2.62. The second-order valence-electron chi connectivity index (χ2n) is 4.45. The van der Waals surface area contributed by atoms with Crippen molar-refractivity contribution in [2.45, 2.75) is 25.7 Å². The van der Waals surface area contributed by atoms with E-state index in [1.54, 1.807) is 40.2 Å². The Hall–Kier alpha value is -2.02. The molecule has 0 N–H and O–H groups in total. The molecule has 0 radical (unpaired) electrons. The van der Waals surface area contributed by atoms with Crippen LogP contribution in [0.3, 0.4) is 0 Å². The standard InChI is InChI=1S/C14H17NO3/c1-14(2,13(16)7-8-15)10-5-6-11(17-3)12(9-10)18-4/h5-6,9H,7H2,1-4H3. The van der Waals surface area contributed by atoms with Crippen molar-refractivity contribution in [3.63, 3.8) is 0 Å². The number of carbonyl (C=O) groups is 1. The highest BCUT2D eigenvalue weighted by atomic mass is 16.5. The second-order valence-corrected chi connectivity index (χ2v) is 4.45. The molecule has 4 nitrogen and oxygen atoms in total. The van der Waals surface area contributed by atoms with Crippen molar-refractivity contribution in [2.24, 2.45) is 0 Å². The van der Waals surface area contributed by atoms with Crippen LogP contribution in [0.4, 0.5) is 0 Å². The van der Waals surface area contributed by atoms with Crippen LogP contribution in [0.1, 0.15) is 25.8 Å². The van der Waals surface area contributed by atoms with Crippen LogP contribution in [0, 0.1) is 11.3 Å². The molecule has 0 spiro atoms. The largest absolute Gasteiger partial charge is 0.493 e. The van der Waals surface area contributed by atoms with Gasteiger partial charge in [-0.3, -0.25) is 4.79 Å². The molecular formula is C14H17NO3. The highest BCUT2D eigenvalue weighted by Crippen LogP contribution is 2.34. The summed E-state index contributed by atoms with van der Waals surface area (Å²) in [6, 6.07) is 7.24. The van der Waals surface area contributed by atoms with Crippen molar-refractivity contribution in [3.8, 4) is 17.6 Å². The fourth-order valence-electron chi connectivity index (χ4n) is 1.68. The lowest BCUT2D eigenvalue weighted by atomic mass is 9.79.